The van der Waals surface area contributed by atoms with Gasteiger partial charge in [0.1, 0.15) is 4.90 Å². The Kier molecular flexibility index (Phi) is 7.12. The lowest BCUT2D eigenvalue weighted by Crippen LogP contribution is -2.46. The summed E-state index contributed by atoms with van der Waals surface area (Å²) in [6, 6.07) is 15.5. The number of amides is 1. The summed E-state index contributed by atoms with van der Waals surface area (Å²) in [5.74, 6) is -0.404. The summed E-state index contributed by atoms with van der Waals surface area (Å²) >= 11 is 0. The molecule has 27 heavy (non-hydrogen) atoms. The van der Waals surface area contributed by atoms with Crippen LogP contribution in [0.15, 0.2) is 59.5 Å². The fourth-order valence-electron chi connectivity index (χ4n) is 2.74. The van der Waals surface area contributed by atoms with Crippen LogP contribution in [0.4, 0.5) is 0 Å². The molecule has 0 aliphatic rings. The summed E-state index contributed by atoms with van der Waals surface area (Å²) in [6.45, 7) is 6.53. The molecular weight excluding hydrogens is 364 g/mol. The maximum Gasteiger partial charge on any atom is 0.295 e. The first kappa shape index (κ1) is 21.1. The van der Waals surface area contributed by atoms with E-state index >= 15 is 0 Å². The summed E-state index contributed by atoms with van der Waals surface area (Å²) in [4.78, 5) is 12.2. The van der Waals surface area contributed by atoms with Crippen LogP contribution in [0.2, 0.25) is 0 Å². The summed E-state index contributed by atoms with van der Waals surface area (Å²) in [6.07, 6.45) is 0. The molecular formula is C20H26N2O4S. The van der Waals surface area contributed by atoms with E-state index in [1.54, 1.807) is 6.07 Å². The van der Waals surface area contributed by atoms with Gasteiger partial charge in [-0.25, -0.2) is 0 Å². The molecule has 0 heterocycles. The molecule has 0 fully saturated rings. The molecule has 0 aliphatic heterocycles. The zero-order valence-corrected chi connectivity index (χ0v) is 16.5. The molecule has 0 saturated carbocycles. The standard InChI is InChI=1S/C20H26N2O4S/c1-14(2)18(13-21-15(3)16-9-5-4-6-10-16)22-20(23)17-11-7-8-12-19(17)27(24,25)26/h4-12,14-15,18,21H,13H2,1-3H3,(H,22,23)(H,24,25,26)/t15-,18-/m1/s1. The van der Waals surface area contributed by atoms with Crippen molar-refractivity contribution < 1.29 is 17.8 Å². The Bertz CT molecular complexity index is 867. The van der Waals surface area contributed by atoms with Crippen molar-refractivity contribution in [1.82, 2.24) is 10.6 Å². The summed E-state index contributed by atoms with van der Waals surface area (Å²) in [5, 5.41) is 6.27. The van der Waals surface area contributed by atoms with Gasteiger partial charge in [-0.3, -0.25) is 9.35 Å². The molecule has 0 bridgehead atoms. The van der Waals surface area contributed by atoms with Crippen molar-refractivity contribution >= 4 is 16.0 Å². The fraction of sp³-hybridized carbons (Fsp3) is 0.350. The molecule has 2 rings (SSSR count). The van der Waals surface area contributed by atoms with Crippen LogP contribution in [0.5, 0.6) is 0 Å². The van der Waals surface area contributed by atoms with Crippen molar-refractivity contribution in [3.63, 3.8) is 0 Å². The van der Waals surface area contributed by atoms with Gasteiger partial charge in [0.25, 0.3) is 16.0 Å². The van der Waals surface area contributed by atoms with Crippen LogP contribution < -0.4 is 10.6 Å². The van der Waals surface area contributed by atoms with Gasteiger partial charge in [-0.1, -0.05) is 56.3 Å². The van der Waals surface area contributed by atoms with Crippen molar-refractivity contribution in [2.24, 2.45) is 5.92 Å². The van der Waals surface area contributed by atoms with Gasteiger partial charge in [-0.2, -0.15) is 8.42 Å². The van der Waals surface area contributed by atoms with Gasteiger partial charge in [0.05, 0.1) is 5.56 Å². The van der Waals surface area contributed by atoms with Gasteiger partial charge >= 0.3 is 0 Å². The third-order valence-electron chi connectivity index (χ3n) is 4.47. The molecule has 0 saturated heterocycles. The van der Waals surface area contributed by atoms with Crippen molar-refractivity contribution in [1.29, 1.82) is 0 Å². The molecule has 7 heteroatoms. The summed E-state index contributed by atoms with van der Waals surface area (Å²) < 4.78 is 32.4. The Balaban J connectivity index is 2.09. The predicted molar refractivity (Wildman–Crippen MR) is 105 cm³/mol. The highest BCUT2D eigenvalue weighted by atomic mass is 32.2. The lowest BCUT2D eigenvalue weighted by atomic mass is 10.0. The smallest absolute Gasteiger partial charge is 0.295 e. The van der Waals surface area contributed by atoms with Crippen LogP contribution in [0.25, 0.3) is 0 Å². The van der Waals surface area contributed by atoms with E-state index < -0.39 is 20.9 Å². The Hall–Kier alpha value is -2.22. The third-order valence-corrected chi connectivity index (χ3v) is 5.39. The molecule has 3 N–H and O–H groups in total. The quantitative estimate of drug-likeness (QED) is 0.602. The average molecular weight is 391 g/mol. The largest absolute Gasteiger partial charge is 0.348 e. The van der Waals surface area contributed by atoms with Crippen LogP contribution in [0.3, 0.4) is 0 Å². The molecule has 2 atom stereocenters. The molecule has 0 radical (unpaired) electrons. The maximum atomic E-state index is 12.6. The molecule has 0 aliphatic carbocycles. The van der Waals surface area contributed by atoms with Crippen LogP contribution in [-0.2, 0) is 10.1 Å². The zero-order chi connectivity index (χ0) is 20.0. The van der Waals surface area contributed by atoms with E-state index in [9.17, 15) is 17.8 Å². The third kappa shape index (κ3) is 5.89. The Morgan fingerprint density at radius 3 is 2.19 bits per heavy atom. The molecule has 2 aromatic carbocycles. The minimum atomic E-state index is -4.47. The first-order valence-corrected chi connectivity index (χ1v) is 10.3. The Morgan fingerprint density at radius 1 is 1.00 bits per heavy atom. The molecule has 0 aromatic heterocycles. The van der Waals surface area contributed by atoms with Crippen molar-refractivity contribution in [3.05, 3.63) is 65.7 Å². The first-order valence-electron chi connectivity index (χ1n) is 8.86. The van der Waals surface area contributed by atoms with E-state index in [0.29, 0.717) is 6.54 Å². The van der Waals surface area contributed by atoms with Crippen LogP contribution in [0, 0.1) is 5.92 Å². The second-order valence-corrected chi connectivity index (χ2v) is 8.23. The average Bonchev–Trinajstić information content (AvgIpc) is 2.64. The second kappa shape index (κ2) is 9.12. The lowest BCUT2D eigenvalue weighted by molar-refractivity contribution is 0.0921. The number of carbonyl (C=O) groups excluding carboxylic acids is 1. The van der Waals surface area contributed by atoms with Crippen molar-refractivity contribution in [2.45, 2.75) is 37.8 Å². The number of carbonyl (C=O) groups is 1. The van der Waals surface area contributed by atoms with Crippen molar-refractivity contribution in [3.8, 4) is 0 Å². The topological polar surface area (TPSA) is 95.5 Å². The Morgan fingerprint density at radius 2 is 1.59 bits per heavy atom. The number of benzene rings is 2. The van der Waals surface area contributed by atoms with Gasteiger partial charge < -0.3 is 10.6 Å². The molecule has 6 nitrogen and oxygen atoms in total. The first-order chi connectivity index (χ1) is 12.7. The zero-order valence-electron chi connectivity index (χ0n) is 15.7. The molecule has 146 valence electrons. The van der Waals surface area contributed by atoms with E-state index in [2.05, 4.69) is 10.6 Å². The number of hydrogen-bond acceptors (Lipinski definition) is 4. The van der Waals surface area contributed by atoms with E-state index in [-0.39, 0.29) is 23.6 Å². The minimum absolute atomic E-state index is 0.0678. The highest BCUT2D eigenvalue weighted by molar-refractivity contribution is 7.86. The second-order valence-electron chi connectivity index (χ2n) is 6.84. The van der Waals surface area contributed by atoms with Gasteiger partial charge in [-0.05, 0) is 30.5 Å². The molecule has 0 spiro atoms. The highest BCUT2D eigenvalue weighted by Gasteiger charge is 2.23. The molecule has 1 amide bonds. The number of rotatable bonds is 8. The lowest BCUT2D eigenvalue weighted by Gasteiger charge is -2.25. The molecule has 2 aromatic rings. The normalized spacial score (nSPS) is 14.0. The van der Waals surface area contributed by atoms with E-state index in [0.717, 1.165) is 5.56 Å². The van der Waals surface area contributed by atoms with Gasteiger partial charge in [0.15, 0.2) is 0 Å². The monoisotopic (exact) mass is 390 g/mol. The SMILES string of the molecule is CC(C)[C@@H](CN[C@H](C)c1ccccc1)NC(=O)c1ccccc1S(=O)(=O)O. The number of hydrogen-bond donors (Lipinski definition) is 3. The summed E-state index contributed by atoms with van der Waals surface area (Å²) in [7, 11) is -4.47. The van der Waals surface area contributed by atoms with E-state index in [4.69, 9.17) is 0 Å². The summed E-state index contributed by atoms with van der Waals surface area (Å²) in [5.41, 5.74) is 1.07. The Labute approximate surface area is 160 Å². The van der Waals surface area contributed by atoms with Gasteiger partial charge in [0, 0.05) is 18.6 Å². The number of nitrogens with one attached hydrogen (secondary N) is 2. The van der Waals surface area contributed by atoms with Gasteiger partial charge in [0.2, 0.25) is 0 Å². The van der Waals surface area contributed by atoms with Crippen LogP contribution in [0.1, 0.15) is 42.7 Å². The highest BCUT2D eigenvalue weighted by Crippen LogP contribution is 2.16. The van der Waals surface area contributed by atoms with E-state index in [1.165, 1.54) is 18.2 Å². The molecule has 0 unspecified atom stereocenters. The van der Waals surface area contributed by atoms with Crippen LogP contribution in [-0.4, -0.2) is 31.5 Å². The van der Waals surface area contributed by atoms with E-state index in [1.807, 2.05) is 51.1 Å². The maximum absolute atomic E-state index is 12.6. The minimum Gasteiger partial charge on any atom is -0.348 e. The van der Waals surface area contributed by atoms with Crippen molar-refractivity contribution in [2.75, 3.05) is 6.54 Å². The van der Waals surface area contributed by atoms with Crippen LogP contribution >= 0.6 is 0 Å². The fourth-order valence-corrected chi connectivity index (χ4v) is 3.43. The predicted octanol–water partition coefficient (Wildman–Crippen LogP) is 3.04. The van der Waals surface area contributed by atoms with Gasteiger partial charge in [-0.15, -0.1) is 0 Å².